The first-order valence-electron chi connectivity index (χ1n) is 3.36. The van der Waals surface area contributed by atoms with Crippen molar-refractivity contribution < 1.29 is 12.8 Å². The highest BCUT2D eigenvalue weighted by atomic mass is 35.7. The molecule has 2 aromatic heterocycles. The Bertz CT molecular complexity index is 546. The lowest BCUT2D eigenvalue weighted by Gasteiger charge is -1.88. The summed E-state index contributed by atoms with van der Waals surface area (Å²) in [6.45, 7) is 0. The first kappa shape index (κ1) is 8.52. The fourth-order valence-electron chi connectivity index (χ4n) is 1.02. The van der Waals surface area contributed by atoms with Crippen LogP contribution in [-0.4, -0.2) is 13.4 Å². The van der Waals surface area contributed by atoms with Gasteiger partial charge in [-0.3, -0.25) is 4.98 Å². The van der Waals surface area contributed by atoms with Crippen LogP contribution in [0.5, 0.6) is 0 Å². The fraction of sp³-hybridized carbons (Fsp3) is 0. The van der Waals surface area contributed by atoms with E-state index in [1.54, 1.807) is 12.1 Å². The van der Waals surface area contributed by atoms with Crippen molar-refractivity contribution >= 4 is 30.8 Å². The molecule has 0 aliphatic carbocycles. The number of fused-ring (bicyclic) bond motifs is 1. The molecule has 6 heteroatoms. The van der Waals surface area contributed by atoms with E-state index in [1.165, 1.54) is 6.20 Å². The summed E-state index contributed by atoms with van der Waals surface area (Å²) in [6.07, 6.45) is 2.56. The van der Waals surface area contributed by atoms with Crippen molar-refractivity contribution in [2.24, 2.45) is 0 Å². The minimum Gasteiger partial charge on any atom is -0.461 e. The molecular formula is C7H4ClNO3S. The zero-order valence-corrected chi connectivity index (χ0v) is 7.84. The van der Waals surface area contributed by atoms with Gasteiger partial charge in [-0.05, 0) is 12.1 Å². The zero-order chi connectivity index (χ0) is 9.47. The normalized spacial score (nSPS) is 12.1. The lowest BCUT2D eigenvalue weighted by molar-refractivity contribution is 0.592. The number of furan rings is 1. The van der Waals surface area contributed by atoms with Crippen LogP contribution in [0.3, 0.4) is 0 Å². The van der Waals surface area contributed by atoms with E-state index in [1.807, 2.05) is 0 Å². The molecule has 0 atom stereocenters. The van der Waals surface area contributed by atoms with Crippen molar-refractivity contribution in [3.05, 3.63) is 24.6 Å². The molecule has 4 nitrogen and oxygen atoms in total. The summed E-state index contributed by atoms with van der Waals surface area (Å²) in [5.74, 6) is 0. The third-order valence-electron chi connectivity index (χ3n) is 1.56. The molecule has 13 heavy (non-hydrogen) atoms. The summed E-state index contributed by atoms with van der Waals surface area (Å²) in [7, 11) is 1.38. The van der Waals surface area contributed by atoms with Crippen molar-refractivity contribution in [3.63, 3.8) is 0 Å². The molecular weight excluding hydrogens is 214 g/mol. The molecule has 0 bridgehead atoms. The lowest BCUT2D eigenvalue weighted by Crippen LogP contribution is -1.88. The van der Waals surface area contributed by atoms with Gasteiger partial charge in [0.15, 0.2) is 5.58 Å². The SMILES string of the molecule is O=S(=O)(Cl)c1coc2cccnc12. The molecule has 0 N–H and O–H groups in total. The Labute approximate surface area is 78.6 Å². The van der Waals surface area contributed by atoms with E-state index in [0.717, 1.165) is 6.26 Å². The van der Waals surface area contributed by atoms with Gasteiger partial charge in [0.1, 0.15) is 16.7 Å². The second-order valence-corrected chi connectivity index (χ2v) is 4.92. The molecule has 2 aromatic rings. The monoisotopic (exact) mass is 217 g/mol. The van der Waals surface area contributed by atoms with Gasteiger partial charge in [0.05, 0.1) is 0 Å². The first-order valence-corrected chi connectivity index (χ1v) is 5.67. The maximum absolute atomic E-state index is 11.0. The number of rotatable bonds is 1. The van der Waals surface area contributed by atoms with Gasteiger partial charge in [0.2, 0.25) is 0 Å². The number of nitrogens with zero attached hydrogens (tertiary/aromatic N) is 1. The van der Waals surface area contributed by atoms with Crippen LogP contribution in [0, 0.1) is 0 Å². The van der Waals surface area contributed by atoms with Crippen LogP contribution >= 0.6 is 10.7 Å². The van der Waals surface area contributed by atoms with E-state index < -0.39 is 9.05 Å². The maximum atomic E-state index is 11.0. The molecule has 0 amide bonds. The highest BCUT2D eigenvalue weighted by molar-refractivity contribution is 8.13. The van der Waals surface area contributed by atoms with Gasteiger partial charge in [0.25, 0.3) is 9.05 Å². The Balaban J connectivity index is 2.87. The second kappa shape index (κ2) is 2.71. The number of halogens is 1. The Morgan fingerprint density at radius 2 is 2.23 bits per heavy atom. The average molecular weight is 218 g/mol. The molecule has 0 aliphatic heterocycles. The van der Waals surface area contributed by atoms with E-state index in [2.05, 4.69) is 4.98 Å². The predicted octanol–water partition coefficient (Wildman–Crippen LogP) is 1.76. The average Bonchev–Trinajstić information content (AvgIpc) is 2.45. The first-order chi connectivity index (χ1) is 6.09. The highest BCUT2D eigenvalue weighted by Crippen LogP contribution is 2.25. The maximum Gasteiger partial charge on any atom is 0.266 e. The van der Waals surface area contributed by atoms with Crippen LogP contribution in [0.25, 0.3) is 11.1 Å². The predicted molar refractivity (Wildman–Crippen MR) is 47.0 cm³/mol. The van der Waals surface area contributed by atoms with Gasteiger partial charge in [-0.25, -0.2) is 8.42 Å². The smallest absolute Gasteiger partial charge is 0.266 e. The van der Waals surface area contributed by atoms with Gasteiger partial charge < -0.3 is 4.42 Å². The second-order valence-electron chi connectivity index (χ2n) is 2.39. The van der Waals surface area contributed by atoms with Gasteiger partial charge in [0, 0.05) is 16.9 Å². The molecule has 0 radical (unpaired) electrons. The third kappa shape index (κ3) is 1.40. The van der Waals surface area contributed by atoms with Crippen LogP contribution < -0.4 is 0 Å². The summed E-state index contributed by atoms with van der Waals surface area (Å²) in [6, 6.07) is 3.27. The van der Waals surface area contributed by atoms with Crippen molar-refractivity contribution in [2.75, 3.05) is 0 Å². The Morgan fingerprint density at radius 3 is 2.92 bits per heavy atom. The third-order valence-corrected chi connectivity index (χ3v) is 2.87. The molecule has 2 heterocycles. The largest absolute Gasteiger partial charge is 0.461 e. The van der Waals surface area contributed by atoms with Crippen molar-refractivity contribution in [1.29, 1.82) is 0 Å². The van der Waals surface area contributed by atoms with E-state index in [9.17, 15) is 8.42 Å². The summed E-state index contributed by atoms with van der Waals surface area (Å²) in [5, 5.41) is 0. The molecule has 0 saturated carbocycles. The lowest BCUT2D eigenvalue weighted by atomic mass is 10.4. The number of hydrogen-bond acceptors (Lipinski definition) is 4. The highest BCUT2D eigenvalue weighted by Gasteiger charge is 2.18. The summed E-state index contributed by atoms with van der Waals surface area (Å²) in [5.41, 5.74) is 0.666. The van der Waals surface area contributed by atoms with Crippen molar-refractivity contribution in [1.82, 2.24) is 4.98 Å². The Kier molecular flexibility index (Phi) is 1.78. The number of aromatic nitrogens is 1. The van der Waals surface area contributed by atoms with E-state index in [-0.39, 0.29) is 10.4 Å². The molecule has 0 aliphatic rings. The van der Waals surface area contributed by atoms with E-state index in [4.69, 9.17) is 15.1 Å². The van der Waals surface area contributed by atoms with Crippen LogP contribution in [0.1, 0.15) is 0 Å². The Hall–Kier alpha value is -1.07. The zero-order valence-electron chi connectivity index (χ0n) is 6.27. The molecule has 68 valence electrons. The minimum absolute atomic E-state index is 0.0928. The molecule has 0 fully saturated rings. The molecule has 2 rings (SSSR count). The Morgan fingerprint density at radius 1 is 1.46 bits per heavy atom. The quantitative estimate of drug-likeness (QED) is 0.683. The molecule has 0 spiro atoms. The van der Waals surface area contributed by atoms with Gasteiger partial charge in [-0.1, -0.05) is 0 Å². The van der Waals surface area contributed by atoms with E-state index in [0.29, 0.717) is 5.58 Å². The van der Waals surface area contributed by atoms with Crippen LogP contribution in [0.4, 0.5) is 0 Å². The van der Waals surface area contributed by atoms with Crippen LogP contribution in [0.15, 0.2) is 33.9 Å². The fourth-order valence-corrected chi connectivity index (χ4v) is 1.89. The number of hydrogen-bond donors (Lipinski definition) is 0. The van der Waals surface area contributed by atoms with Gasteiger partial charge in [-0.2, -0.15) is 0 Å². The topological polar surface area (TPSA) is 60.2 Å². The van der Waals surface area contributed by atoms with Crippen LogP contribution in [-0.2, 0) is 9.05 Å². The molecule has 0 saturated heterocycles. The summed E-state index contributed by atoms with van der Waals surface area (Å²) in [4.78, 5) is 3.76. The molecule has 0 unspecified atom stereocenters. The number of pyridine rings is 1. The van der Waals surface area contributed by atoms with Gasteiger partial charge in [-0.15, -0.1) is 0 Å². The summed E-state index contributed by atoms with van der Waals surface area (Å²) < 4.78 is 26.9. The van der Waals surface area contributed by atoms with Gasteiger partial charge >= 0.3 is 0 Å². The molecule has 0 aromatic carbocycles. The van der Waals surface area contributed by atoms with Crippen molar-refractivity contribution in [2.45, 2.75) is 4.90 Å². The van der Waals surface area contributed by atoms with Crippen LogP contribution in [0.2, 0.25) is 0 Å². The standard InChI is InChI=1S/C7H4ClNO3S/c8-13(10,11)6-4-12-5-2-1-3-9-7(5)6/h1-4H. The minimum atomic E-state index is -3.77. The summed E-state index contributed by atoms with van der Waals surface area (Å²) >= 11 is 0. The van der Waals surface area contributed by atoms with Crippen molar-refractivity contribution in [3.8, 4) is 0 Å². The van der Waals surface area contributed by atoms with E-state index >= 15 is 0 Å².